The molecule has 0 saturated carbocycles. The van der Waals surface area contributed by atoms with Crippen LogP contribution in [0.5, 0.6) is 11.5 Å². The second kappa shape index (κ2) is 14.1. The van der Waals surface area contributed by atoms with Crippen molar-refractivity contribution < 1.29 is 23.9 Å². The summed E-state index contributed by atoms with van der Waals surface area (Å²) in [6.45, 7) is 6.97. The van der Waals surface area contributed by atoms with E-state index in [1.807, 2.05) is 24.4 Å². The average molecular weight is 746 g/mol. The van der Waals surface area contributed by atoms with E-state index in [9.17, 15) is 19.2 Å². The summed E-state index contributed by atoms with van der Waals surface area (Å²) in [6.07, 6.45) is 7.42. The summed E-state index contributed by atoms with van der Waals surface area (Å²) in [7, 11) is 5.16. The van der Waals surface area contributed by atoms with Gasteiger partial charge < -0.3 is 23.8 Å². The van der Waals surface area contributed by atoms with Crippen LogP contribution in [0.2, 0.25) is 0 Å². The Morgan fingerprint density at radius 2 is 1.62 bits per heavy atom. The van der Waals surface area contributed by atoms with E-state index in [1.54, 1.807) is 36.9 Å². The topological polar surface area (TPSA) is 130 Å². The molecule has 7 heterocycles. The molecule has 4 fully saturated rings. The number of nitrogens with zero attached hydrogens (tertiary/aromatic N) is 6. The second-order valence-electron chi connectivity index (χ2n) is 15.7. The Kier molecular flexibility index (Phi) is 9.08. The highest BCUT2D eigenvalue weighted by molar-refractivity contribution is 6.05. The Bertz CT molecular complexity index is 2250. The number of ether oxygens (including phenoxy) is 2. The molecular formula is C42H47N7O6. The van der Waals surface area contributed by atoms with Crippen LogP contribution >= 0.6 is 0 Å². The molecule has 2 aromatic carbocycles. The van der Waals surface area contributed by atoms with E-state index in [0.717, 1.165) is 103 Å². The second-order valence-corrected chi connectivity index (χ2v) is 15.7. The molecule has 5 aliphatic heterocycles. The molecule has 55 heavy (non-hydrogen) atoms. The third kappa shape index (κ3) is 6.32. The van der Waals surface area contributed by atoms with Gasteiger partial charge in [-0.3, -0.25) is 34.3 Å². The number of piperidine rings is 2. The number of pyridine rings is 2. The first kappa shape index (κ1) is 35.4. The Balaban J connectivity index is 0.845. The molecular weight excluding hydrogens is 699 g/mol. The van der Waals surface area contributed by atoms with Crippen molar-refractivity contribution in [2.24, 2.45) is 7.05 Å². The third-order valence-electron chi connectivity index (χ3n) is 12.5. The molecule has 3 amide bonds. The molecule has 0 bridgehead atoms. The molecule has 4 saturated heterocycles. The Labute approximate surface area is 319 Å². The number of benzene rings is 2. The van der Waals surface area contributed by atoms with Crippen molar-refractivity contribution in [3.8, 4) is 22.6 Å². The minimum absolute atomic E-state index is 0.0756. The van der Waals surface area contributed by atoms with Gasteiger partial charge in [-0.1, -0.05) is 12.1 Å². The van der Waals surface area contributed by atoms with E-state index in [1.165, 1.54) is 5.56 Å². The number of methoxy groups -OCH3 is 2. The monoisotopic (exact) mass is 745 g/mol. The van der Waals surface area contributed by atoms with Gasteiger partial charge in [-0.05, 0) is 85.6 Å². The SMILES string of the molecule is COc1cc(-c2cn(C)c(=O)c3cnc(N4CCC4)cc23)cc(OC)c1CN1CC(N2CCC(c3ccc4c(c3)C(=O)N(C3CCC(=O)NC3=O)C4)CC2)C1. The van der Waals surface area contributed by atoms with Crippen LogP contribution in [0.25, 0.3) is 21.9 Å². The van der Waals surface area contributed by atoms with Gasteiger partial charge in [-0.2, -0.15) is 0 Å². The predicted octanol–water partition coefficient (Wildman–Crippen LogP) is 3.65. The molecule has 9 rings (SSSR count). The fourth-order valence-electron chi connectivity index (χ4n) is 9.14. The van der Waals surface area contributed by atoms with Gasteiger partial charge in [-0.15, -0.1) is 0 Å². The molecule has 0 aliphatic carbocycles. The van der Waals surface area contributed by atoms with Gasteiger partial charge in [0.1, 0.15) is 23.4 Å². The number of likely N-dealkylation sites (tertiary alicyclic amines) is 2. The Hall–Kier alpha value is -5.27. The normalized spacial score (nSPS) is 21.1. The third-order valence-corrected chi connectivity index (χ3v) is 12.5. The number of aryl methyl sites for hydroxylation is 1. The molecule has 2 aromatic heterocycles. The van der Waals surface area contributed by atoms with Gasteiger partial charge in [-0.25, -0.2) is 4.98 Å². The summed E-state index contributed by atoms with van der Waals surface area (Å²) in [4.78, 5) is 64.1. The smallest absolute Gasteiger partial charge is 0.259 e. The van der Waals surface area contributed by atoms with Crippen LogP contribution in [0.1, 0.15) is 65.1 Å². The van der Waals surface area contributed by atoms with Gasteiger partial charge in [0.15, 0.2) is 0 Å². The molecule has 5 aliphatic rings. The van der Waals surface area contributed by atoms with Crippen LogP contribution in [-0.2, 0) is 29.7 Å². The lowest BCUT2D eigenvalue weighted by molar-refractivity contribution is -0.136. The van der Waals surface area contributed by atoms with Crippen LogP contribution in [-0.4, -0.2) is 108 Å². The zero-order valence-electron chi connectivity index (χ0n) is 31.7. The lowest BCUT2D eigenvalue weighted by Gasteiger charge is -2.48. The van der Waals surface area contributed by atoms with Crippen molar-refractivity contribution in [2.45, 2.75) is 63.2 Å². The molecule has 1 atom stereocenters. The molecule has 0 radical (unpaired) electrons. The summed E-state index contributed by atoms with van der Waals surface area (Å²) >= 11 is 0. The van der Waals surface area contributed by atoms with Crippen LogP contribution in [0.15, 0.2) is 53.6 Å². The summed E-state index contributed by atoms with van der Waals surface area (Å²) in [5.41, 5.74) is 5.60. The lowest BCUT2D eigenvalue weighted by Crippen LogP contribution is -2.60. The highest BCUT2D eigenvalue weighted by atomic mass is 16.5. The number of fused-ring (bicyclic) bond motifs is 2. The van der Waals surface area contributed by atoms with Crippen molar-refractivity contribution in [1.82, 2.24) is 29.6 Å². The summed E-state index contributed by atoms with van der Waals surface area (Å²) in [5, 5.41) is 3.84. The van der Waals surface area contributed by atoms with Crippen molar-refractivity contribution in [1.29, 1.82) is 0 Å². The number of hydrogen-bond acceptors (Lipinski definition) is 10. The van der Waals surface area contributed by atoms with E-state index >= 15 is 0 Å². The minimum atomic E-state index is -0.595. The van der Waals surface area contributed by atoms with Crippen LogP contribution in [0, 0.1) is 0 Å². The van der Waals surface area contributed by atoms with Crippen LogP contribution < -0.4 is 25.2 Å². The number of hydrogen-bond donors (Lipinski definition) is 1. The highest BCUT2D eigenvalue weighted by Gasteiger charge is 2.40. The highest BCUT2D eigenvalue weighted by Crippen LogP contribution is 2.40. The maximum atomic E-state index is 13.4. The Morgan fingerprint density at radius 1 is 0.873 bits per heavy atom. The first-order valence-corrected chi connectivity index (χ1v) is 19.4. The van der Waals surface area contributed by atoms with Crippen LogP contribution in [0.3, 0.4) is 0 Å². The van der Waals surface area contributed by atoms with E-state index < -0.39 is 6.04 Å². The molecule has 0 spiro atoms. The standard InChI is InChI=1S/C42H47N7O6/c1-45-23-33(31-18-38(48-11-4-12-48)43-19-32(31)41(45)52)28-16-36(54-2)34(37(17-28)55-3)24-46-21-29(22-46)47-13-9-25(10-14-47)26-5-6-27-20-49(42(53)30(27)15-26)35-7-8-39(50)44-40(35)51/h5-6,15-19,23,25,29,35H,4,7-14,20-22,24H2,1-3H3,(H,44,50,51). The molecule has 1 unspecified atom stereocenters. The molecule has 13 nitrogen and oxygen atoms in total. The number of carbonyl (C=O) groups excluding carboxylic acids is 3. The van der Waals surface area contributed by atoms with Crippen LogP contribution in [0.4, 0.5) is 5.82 Å². The fourth-order valence-corrected chi connectivity index (χ4v) is 9.14. The van der Waals surface area contributed by atoms with Crippen molar-refractivity contribution >= 4 is 34.3 Å². The fraction of sp³-hybridized carbons (Fsp3) is 0.452. The zero-order valence-corrected chi connectivity index (χ0v) is 31.7. The van der Waals surface area contributed by atoms with Gasteiger partial charge in [0, 0.05) is 87.7 Å². The largest absolute Gasteiger partial charge is 0.496 e. The van der Waals surface area contributed by atoms with Crippen molar-refractivity contribution in [3.05, 3.63) is 81.4 Å². The van der Waals surface area contributed by atoms with Gasteiger partial charge in [0.2, 0.25) is 11.8 Å². The number of nitrogens with one attached hydrogen (secondary N) is 1. The van der Waals surface area contributed by atoms with E-state index in [2.05, 4.69) is 43.2 Å². The quantitative estimate of drug-likeness (QED) is 0.254. The number of imide groups is 1. The van der Waals surface area contributed by atoms with Gasteiger partial charge in [0.25, 0.3) is 11.5 Å². The lowest BCUT2D eigenvalue weighted by atomic mass is 9.87. The maximum absolute atomic E-state index is 13.4. The minimum Gasteiger partial charge on any atom is -0.496 e. The molecule has 1 N–H and O–H groups in total. The number of aromatic nitrogens is 2. The zero-order chi connectivity index (χ0) is 38.0. The number of anilines is 1. The number of rotatable bonds is 9. The Morgan fingerprint density at radius 3 is 2.29 bits per heavy atom. The summed E-state index contributed by atoms with van der Waals surface area (Å²) < 4.78 is 13.6. The van der Waals surface area contributed by atoms with E-state index in [0.29, 0.717) is 42.4 Å². The summed E-state index contributed by atoms with van der Waals surface area (Å²) in [6, 6.07) is 12.3. The van der Waals surface area contributed by atoms with Gasteiger partial charge >= 0.3 is 0 Å². The number of carbonyl (C=O) groups is 3. The summed E-state index contributed by atoms with van der Waals surface area (Å²) in [5.74, 6) is 2.01. The molecule has 4 aromatic rings. The first-order valence-electron chi connectivity index (χ1n) is 19.4. The molecule has 286 valence electrons. The molecule has 13 heteroatoms. The first-order chi connectivity index (χ1) is 26.7. The number of amides is 3. The van der Waals surface area contributed by atoms with Gasteiger partial charge in [0.05, 0.1) is 25.2 Å². The van der Waals surface area contributed by atoms with E-state index in [4.69, 9.17) is 9.47 Å². The van der Waals surface area contributed by atoms with Crippen molar-refractivity contribution in [3.63, 3.8) is 0 Å². The van der Waals surface area contributed by atoms with E-state index in [-0.39, 0.29) is 29.7 Å². The maximum Gasteiger partial charge on any atom is 0.259 e. The predicted molar refractivity (Wildman–Crippen MR) is 207 cm³/mol. The average Bonchev–Trinajstić information content (AvgIpc) is 3.48. The van der Waals surface area contributed by atoms with Crippen molar-refractivity contribution in [2.75, 3.05) is 58.4 Å².